The maximum atomic E-state index is 10.2. The number of benzene rings is 2. The van der Waals surface area contributed by atoms with Crippen molar-refractivity contribution in [2.24, 2.45) is 0 Å². The molecule has 0 heterocycles. The van der Waals surface area contributed by atoms with E-state index >= 15 is 0 Å². The Morgan fingerprint density at radius 3 is 2.20 bits per heavy atom. The van der Waals surface area contributed by atoms with Crippen LogP contribution in [-0.4, -0.2) is 11.7 Å². The lowest BCUT2D eigenvalue weighted by Gasteiger charge is -2.23. The van der Waals surface area contributed by atoms with Crippen LogP contribution in [0, 0.1) is 0 Å². The van der Waals surface area contributed by atoms with E-state index in [1.807, 2.05) is 48.5 Å². The summed E-state index contributed by atoms with van der Waals surface area (Å²) in [5.74, 6) is 0.843. The van der Waals surface area contributed by atoms with Crippen molar-refractivity contribution in [3.8, 4) is 5.75 Å². The van der Waals surface area contributed by atoms with Gasteiger partial charge in [0.05, 0.1) is 0 Å². The summed E-state index contributed by atoms with van der Waals surface area (Å²) in [6, 6.07) is 17.6. The maximum Gasteiger partial charge on any atom is 0.123 e. The van der Waals surface area contributed by atoms with Crippen LogP contribution in [0.3, 0.4) is 0 Å². The zero-order chi connectivity index (χ0) is 14.6. The first-order chi connectivity index (χ1) is 9.48. The summed E-state index contributed by atoms with van der Waals surface area (Å²) in [5.41, 5.74) is 2.05. The van der Waals surface area contributed by atoms with E-state index in [1.165, 1.54) is 0 Å². The molecule has 0 bridgehead atoms. The van der Waals surface area contributed by atoms with Gasteiger partial charge in [0, 0.05) is 0 Å². The maximum absolute atomic E-state index is 10.2. The van der Waals surface area contributed by atoms with Crippen LogP contribution >= 0.6 is 0 Å². The first-order valence-corrected chi connectivity index (χ1v) is 6.94. The smallest absolute Gasteiger partial charge is 0.123 e. The van der Waals surface area contributed by atoms with Crippen LogP contribution < -0.4 is 4.74 Å². The van der Waals surface area contributed by atoms with Crippen LogP contribution in [0.25, 0.3) is 0 Å². The number of hydrogen-bond donors (Lipinski definition) is 1. The molecule has 0 amide bonds. The van der Waals surface area contributed by atoms with Crippen LogP contribution in [0.15, 0.2) is 54.6 Å². The van der Waals surface area contributed by atoms with Crippen molar-refractivity contribution in [3.63, 3.8) is 0 Å². The summed E-state index contributed by atoms with van der Waals surface area (Å²) in [4.78, 5) is 0. The Morgan fingerprint density at radius 1 is 0.950 bits per heavy atom. The third-order valence-corrected chi connectivity index (χ3v) is 3.28. The number of aliphatic hydroxyl groups excluding tert-OH is 1. The molecule has 106 valence electrons. The van der Waals surface area contributed by atoms with Gasteiger partial charge in [0.1, 0.15) is 18.5 Å². The second-order valence-corrected chi connectivity index (χ2v) is 5.98. The van der Waals surface area contributed by atoms with Gasteiger partial charge < -0.3 is 9.84 Å². The highest BCUT2D eigenvalue weighted by atomic mass is 16.5. The molecule has 0 fully saturated rings. The molecule has 0 aliphatic rings. The van der Waals surface area contributed by atoms with Crippen molar-refractivity contribution in [1.82, 2.24) is 0 Å². The van der Waals surface area contributed by atoms with Gasteiger partial charge in [-0.2, -0.15) is 0 Å². The van der Waals surface area contributed by atoms with Gasteiger partial charge in [-0.15, -0.1) is 0 Å². The molecule has 0 aliphatic carbocycles. The lowest BCUT2D eigenvalue weighted by molar-refractivity contribution is 0.107. The average Bonchev–Trinajstić information content (AvgIpc) is 2.45. The summed E-state index contributed by atoms with van der Waals surface area (Å²) in [6.45, 7) is 6.73. The molecule has 0 radical (unpaired) electrons. The Bertz CT molecular complexity index is 541. The Morgan fingerprint density at radius 2 is 1.55 bits per heavy atom. The fourth-order valence-corrected chi connectivity index (χ4v) is 2.15. The molecule has 2 aromatic carbocycles. The van der Waals surface area contributed by atoms with E-state index in [9.17, 15) is 5.11 Å². The van der Waals surface area contributed by atoms with Crippen LogP contribution in [0.5, 0.6) is 5.75 Å². The van der Waals surface area contributed by atoms with E-state index in [2.05, 4.69) is 26.8 Å². The molecule has 1 atom stereocenters. The highest BCUT2D eigenvalue weighted by molar-refractivity contribution is 5.38. The summed E-state index contributed by atoms with van der Waals surface area (Å²) in [5, 5.41) is 10.2. The number of ether oxygens (including phenoxy) is 1. The molecule has 2 nitrogen and oxygen atoms in total. The number of rotatable bonds is 4. The molecule has 1 N–H and O–H groups in total. The van der Waals surface area contributed by atoms with Crippen LogP contribution in [-0.2, 0) is 5.41 Å². The van der Waals surface area contributed by atoms with Gasteiger partial charge in [-0.25, -0.2) is 0 Å². The Labute approximate surface area is 121 Å². The molecule has 2 rings (SSSR count). The molecule has 0 aliphatic heterocycles. The Balaban J connectivity index is 2.08. The zero-order valence-electron chi connectivity index (χ0n) is 12.3. The van der Waals surface area contributed by atoms with Gasteiger partial charge in [0.15, 0.2) is 0 Å². The van der Waals surface area contributed by atoms with Crippen molar-refractivity contribution in [1.29, 1.82) is 0 Å². The van der Waals surface area contributed by atoms with Gasteiger partial charge in [0.25, 0.3) is 0 Å². The fourth-order valence-electron chi connectivity index (χ4n) is 2.15. The van der Waals surface area contributed by atoms with Crippen molar-refractivity contribution < 1.29 is 9.84 Å². The van der Waals surface area contributed by atoms with Crippen molar-refractivity contribution in [2.45, 2.75) is 32.3 Å². The highest BCUT2D eigenvalue weighted by Gasteiger charge is 2.19. The van der Waals surface area contributed by atoms with Crippen LogP contribution in [0.2, 0.25) is 0 Å². The van der Waals surface area contributed by atoms with Crippen LogP contribution in [0.4, 0.5) is 0 Å². The van der Waals surface area contributed by atoms with Crippen molar-refractivity contribution >= 4 is 0 Å². The van der Waals surface area contributed by atoms with Gasteiger partial charge in [-0.3, -0.25) is 0 Å². The highest BCUT2D eigenvalue weighted by Crippen LogP contribution is 2.31. The number of para-hydroxylation sites is 1. The molecule has 2 heteroatoms. The SMILES string of the molecule is CC(C)(C)c1ccccc1OCC(O)c1ccccc1. The molecular formula is C18H22O2. The standard InChI is InChI=1S/C18H22O2/c1-18(2,3)15-11-7-8-12-17(15)20-13-16(19)14-9-5-4-6-10-14/h4-12,16,19H,13H2,1-3H3. The van der Waals surface area contributed by atoms with Gasteiger partial charge in [0.2, 0.25) is 0 Å². The normalized spacial score (nSPS) is 13.0. The molecular weight excluding hydrogens is 248 g/mol. The quantitative estimate of drug-likeness (QED) is 0.906. The fraction of sp³-hybridized carbons (Fsp3) is 0.333. The summed E-state index contributed by atoms with van der Waals surface area (Å²) in [6.07, 6.45) is -0.607. The predicted molar refractivity (Wildman–Crippen MR) is 82.0 cm³/mol. The molecule has 1 unspecified atom stereocenters. The molecule has 20 heavy (non-hydrogen) atoms. The minimum absolute atomic E-state index is 0.0221. The van der Waals surface area contributed by atoms with E-state index in [0.717, 1.165) is 16.9 Å². The van der Waals surface area contributed by atoms with E-state index in [-0.39, 0.29) is 12.0 Å². The molecule has 2 aromatic rings. The van der Waals surface area contributed by atoms with E-state index in [1.54, 1.807) is 0 Å². The summed E-state index contributed by atoms with van der Waals surface area (Å²) in [7, 11) is 0. The number of hydrogen-bond acceptors (Lipinski definition) is 2. The summed E-state index contributed by atoms with van der Waals surface area (Å²) < 4.78 is 5.83. The van der Waals surface area contributed by atoms with Crippen LogP contribution in [0.1, 0.15) is 38.0 Å². The minimum atomic E-state index is -0.607. The Hall–Kier alpha value is -1.80. The summed E-state index contributed by atoms with van der Waals surface area (Å²) >= 11 is 0. The zero-order valence-corrected chi connectivity index (χ0v) is 12.3. The first-order valence-electron chi connectivity index (χ1n) is 6.94. The van der Waals surface area contributed by atoms with Crippen molar-refractivity contribution in [3.05, 3.63) is 65.7 Å². The average molecular weight is 270 g/mol. The minimum Gasteiger partial charge on any atom is -0.490 e. The lowest BCUT2D eigenvalue weighted by atomic mass is 9.86. The predicted octanol–water partition coefficient (Wildman–Crippen LogP) is 4.10. The van der Waals surface area contributed by atoms with Gasteiger partial charge >= 0.3 is 0 Å². The van der Waals surface area contributed by atoms with E-state index in [4.69, 9.17) is 4.74 Å². The largest absolute Gasteiger partial charge is 0.490 e. The molecule has 0 saturated heterocycles. The monoisotopic (exact) mass is 270 g/mol. The third kappa shape index (κ3) is 3.61. The van der Waals surface area contributed by atoms with E-state index < -0.39 is 6.10 Å². The van der Waals surface area contributed by atoms with Crippen molar-refractivity contribution in [2.75, 3.05) is 6.61 Å². The van der Waals surface area contributed by atoms with Gasteiger partial charge in [-0.1, -0.05) is 69.3 Å². The lowest BCUT2D eigenvalue weighted by Crippen LogP contribution is -2.16. The molecule has 0 spiro atoms. The molecule has 0 saturated carbocycles. The molecule has 0 aromatic heterocycles. The second-order valence-electron chi connectivity index (χ2n) is 5.98. The Kier molecular flexibility index (Phi) is 4.46. The first kappa shape index (κ1) is 14.6. The number of aliphatic hydroxyl groups is 1. The topological polar surface area (TPSA) is 29.5 Å². The van der Waals surface area contributed by atoms with Gasteiger partial charge in [-0.05, 0) is 22.6 Å². The third-order valence-electron chi connectivity index (χ3n) is 3.28. The van der Waals surface area contributed by atoms with E-state index in [0.29, 0.717) is 0 Å². The second kappa shape index (κ2) is 6.10.